The summed E-state index contributed by atoms with van der Waals surface area (Å²) in [6.45, 7) is 3.85. The molecule has 3 nitrogen and oxygen atoms in total. The maximum absolute atomic E-state index is 14.0. The van der Waals surface area contributed by atoms with Crippen LogP contribution in [0.1, 0.15) is 36.9 Å². The Bertz CT molecular complexity index is 609. The molecule has 18 heavy (non-hydrogen) atoms. The minimum Gasteiger partial charge on any atom is -0.291 e. The number of aryl methyl sites for hydroxylation is 1. The zero-order valence-electron chi connectivity index (χ0n) is 10.6. The first kappa shape index (κ1) is 11.4. The summed E-state index contributed by atoms with van der Waals surface area (Å²) < 4.78 is 15.9. The molecule has 0 atom stereocenters. The molecular formula is C14H16FN3. The van der Waals surface area contributed by atoms with Crippen molar-refractivity contribution in [3.8, 4) is 0 Å². The Hall–Kier alpha value is -1.71. The Morgan fingerprint density at radius 3 is 2.94 bits per heavy atom. The van der Waals surface area contributed by atoms with Crippen molar-refractivity contribution in [2.45, 2.75) is 38.3 Å². The van der Waals surface area contributed by atoms with Gasteiger partial charge >= 0.3 is 0 Å². The van der Waals surface area contributed by atoms with Gasteiger partial charge in [-0.25, -0.2) is 14.4 Å². The standard InChI is InChI=1S/C14H16FN3/c1-3-4-14(15)5-11(6-14)12-9-18-8-10(2)7-16-13(18)17-12/h3-4,7-9,11H,5-6H2,1-2H3/b4-3+. The van der Waals surface area contributed by atoms with E-state index in [-0.39, 0.29) is 5.92 Å². The van der Waals surface area contributed by atoms with Gasteiger partial charge in [-0.15, -0.1) is 0 Å². The lowest BCUT2D eigenvalue weighted by molar-refractivity contribution is 0.0914. The molecule has 3 rings (SSSR count). The summed E-state index contributed by atoms with van der Waals surface area (Å²) in [5.74, 6) is 0.909. The van der Waals surface area contributed by atoms with Crippen LogP contribution >= 0.6 is 0 Å². The number of allylic oxidation sites excluding steroid dienone is 2. The van der Waals surface area contributed by atoms with Gasteiger partial charge in [-0.05, 0) is 32.3 Å². The summed E-state index contributed by atoms with van der Waals surface area (Å²) in [6, 6.07) is 0. The largest absolute Gasteiger partial charge is 0.291 e. The lowest BCUT2D eigenvalue weighted by atomic mass is 9.71. The van der Waals surface area contributed by atoms with Crippen molar-refractivity contribution >= 4 is 5.78 Å². The van der Waals surface area contributed by atoms with Gasteiger partial charge in [-0.1, -0.05) is 12.2 Å². The molecule has 2 heterocycles. The van der Waals surface area contributed by atoms with Gasteiger partial charge in [0.15, 0.2) is 0 Å². The highest BCUT2D eigenvalue weighted by molar-refractivity contribution is 5.34. The van der Waals surface area contributed by atoms with Crippen molar-refractivity contribution < 1.29 is 4.39 Å². The predicted octanol–water partition coefficient (Wildman–Crippen LogP) is 3.20. The Balaban J connectivity index is 1.85. The summed E-state index contributed by atoms with van der Waals surface area (Å²) in [4.78, 5) is 8.72. The second kappa shape index (κ2) is 3.90. The molecule has 0 aliphatic heterocycles. The van der Waals surface area contributed by atoms with E-state index in [1.54, 1.807) is 18.3 Å². The number of fused-ring (bicyclic) bond motifs is 1. The second-order valence-corrected chi connectivity index (χ2v) is 5.14. The molecule has 0 unspecified atom stereocenters. The van der Waals surface area contributed by atoms with Crippen LogP contribution < -0.4 is 0 Å². The first-order valence-electron chi connectivity index (χ1n) is 6.24. The lowest BCUT2D eigenvalue weighted by Crippen LogP contribution is -2.36. The molecule has 0 bridgehead atoms. The van der Waals surface area contributed by atoms with E-state index in [9.17, 15) is 4.39 Å². The maximum atomic E-state index is 14.0. The third kappa shape index (κ3) is 1.82. The number of halogens is 1. The van der Waals surface area contributed by atoms with Crippen LogP contribution in [-0.2, 0) is 0 Å². The molecule has 1 fully saturated rings. The van der Waals surface area contributed by atoms with Gasteiger partial charge < -0.3 is 0 Å². The SMILES string of the molecule is C/C=C/C1(F)CC(c2cn3cc(C)cnc3n2)C1. The average Bonchev–Trinajstić information content (AvgIpc) is 2.68. The van der Waals surface area contributed by atoms with Gasteiger partial charge in [0, 0.05) is 24.5 Å². The molecule has 0 amide bonds. The van der Waals surface area contributed by atoms with Crippen molar-refractivity contribution in [2.75, 3.05) is 0 Å². The molecule has 0 aromatic carbocycles. The number of nitrogens with zero attached hydrogens (tertiary/aromatic N) is 3. The third-order valence-electron chi connectivity index (χ3n) is 3.51. The Kier molecular flexibility index (Phi) is 2.47. The first-order chi connectivity index (χ1) is 8.59. The number of hydrogen-bond acceptors (Lipinski definition) is 2. The molecule has 4 heteroatoms. The summed E-state index contributed by atoms with van der Waals surface area (Å²) in [5.41, 5.74) is 0.915. The first-order valence-corrected chi connectivity index (χ1v) is 6.24. The predicted molar refractivity (Wildman–Crippen MR) is 68.4 cm³/mol. The van der Waals surface area contributed by atoms with Crippen molar-refractivity contribution in [1.82, 2.24) is 14.4 Å². The van der Waals surface area contributed by atoms with E-state index >= 15 is 0 Å². The molecule has 0 N–H and O–H groups in total. The van der Waals surface area contributed by atoms with E-state index in [0.717, 1.165) is 11.3 Å². The van der Waals surface area contributed by atoms with E-state index < -0.39 is 5.67 Å². The average molecular weight is 245 g/mol. The fraction of sp³-hybridized carbons (Fsp3) is 0.429. The second-order valence-electron chi connectivity index (χ2n) is 5.14. The Labute approximate surface area is 105 Å². The zero-order chi connectivity index (χ0) is 12.8. The molecule has 0 spiro atoms. The summed E-state index contributed by atoms with van der Waals surface area (Å²) in [6.07, 6.45) is 10.3. The van der Waals surface area contributed by atoms with Gasteiger partial charge in [-0.3, -0.25) is 4.40 Å². The van der Waals surface area contributed by atoms with Crippen LogP contribution in [0.5, 0.6) is 0 Å². The number of aromatic nitrogens is 3. The third-order valence-corrected chi connectivity index (χ3v) is 3.51. The van der Waals surface area contributed by atoms with Crippen molar-refractivity contribution in [3.63, 3.8) is 0 Å². The zero-order valence-corrected chi connectivity index (χ0v) is 10.6. The smallest absolute Gasteiger partial charge is 0.233 e. The molecule has 0 saturated heterocycles. The molecule has 1 aliphatic rings. The van der Waals surface area contributed by atoms with Crippen LogP contribution in [0.3, 0.4) is 0 Å². The fourth-order valence-electron chi connectivity index (χ4n) is 2.61. The summed E-state index contributed by atoms with van der Waals surface area (Å²) in [5, 5.41) is 0. The van der Waals surface area contributed by atoms with Crippen LogP contribution in [0.4, 0.5) is 4.39 Å². The quantitative estimate of drug-likeness (QED) is 0.760. The number of hydrogen-bond donors (Lipinski definition) is 0. The topological polar surface area (TPSA) is 30.2 Å². The molecule has 1 saturated carbocycles. The van der Waals surface area contributed by atoms with E-state index in [4.69, 9.17) is 0 Å². The molecule has 94 valence electrons. The normalized spacial score (nSPS) is 27.8. The highest BCUT2D eigenvalue weighted by atomic mass is 19.1. The molecule has 0 radical (unpaired) electrons. The van der Waals surface area contributed by atoms with Gasteiger partial charge in [0.05, 0.1) is 5.69 Å². The van der Waals surface area contributed by atoms with E-state index in [0.29, 0.717) is 18.6 Å². The number of alkyl halides is 1. The summed E-state index contributed by atoms with van der Waals surface area (Å²) in [7, 11) is 0. The van der Waals surface area contributed by atoms with Crippen molar-refractivity contribution in [1.29, 1.82) is 0 Å². The molecule has 2 aromatic heterocycles. The Morgan fingerprint density at radius 1 is 1.44 bits per heavy atom. The van der Waals surface area contributed by atoms with Crippen LogP contribution in [-0.4, -0.2) is 20.0 Å². The molecule has 1 aliphatic carbocycles. The van der Waals surface area contributed by atoms with Crippen LogP contribution in [0, 0.1) is 6.92 Å². The van der Waals surface area contributed by atoms with Crippen LogP contribution in [0.15, 0.2) is 30.7 Å². The minimum atomic E-state index is -1.13. The molecule has 2 aromatic rings. The van der Waals surface area contributed by atoms with E-state index in [1.165, 1.54) is 0 Å². The lowest BCUT2D eigenvalue weighted by Gasteiger charge is -2.38. The maximum Gasteiger partial charge on any atom is 0.233 e. The van der Waals surface area contributed by atoms with Gasteiger partial charge in [0.1, 0.15) is 5.67 Å². The number of rotatable bonds is 2. The van der Waals surface area contributed by atoms with Gasteiger partial charge in [0.2, 0.25) is 5.78 Å². The minimum absolute atomic E-state index is 0.216. The monoisotopic (exact) mass is 245 g/mol. The van der Waals surface area contributed by atoms with Crippen molar-refractivity contribution in [2.24, 2.45) is 0 Å². The summed E-state index contributed by atoms with van der Waals surface area (Å²) >= 11 is 0. The number of imidazole rings is 1. The van der Waals surface area contributed by atoms with Gasteiger partial charge in [0.25, 0.3) is 0 Å². The van der Waals surface area contributed by atoms with E-state index in [1.807, 2.05) is 30.6 Å². The van der Waals surface area contributed by atoms with Gasteiger partial charge in [-0.2, -0.15) is 0 Å². The fourth-order valence-corrected chi connectivity index (χ4v) is 2.61. The van der Waals surface area contributed by atoms with Crippen LogP contribution in [0.2, 0.25) is 0 Å². The Morgan fingerprint density at radius 2 is 2.22 bits per heavy atom. The van der Waals surface area contributed by atoms with Crippen LogP contribution in [0.25, 0.3) is 5.78 Å². The van der Waals surface area contributed by atoms with Crippen molar-refractivity contribution in [3.05, 3.63) is 42.0 Å². The highest BCUT2D eigenvalue weighted by Crippen LogP contribution is 2.47. The molecular weight excluding hydrogens is 229 g/mol. The van der Waals surface area contributed by atoms with E-state index in [2.05, 4.69) is 9.97 Å². The highest BCUT2D eigenvalue weighted by Gasteiger charge is 2.44.